The van der Waals surface area contributed by atoms with Crippen LogP contribution < -0.4 is 21.3 Å². The van der Waals surface area contributed by atoms with Gasteiger partial charge in [-0.3, -0.25) is 4.79 Å². The summed E-state index contributed by atoms with van der Waals surface area (Å²) in [5.41, 5.74) is -2.03. The van der Waals surface area contributed by atoms with Crippen LogP contribution in [0.25, 0.3) is 0 Å². The molecule has 0 fully saturated rings. The van der Waals surface area contributed by atoms with Crippen LogP contribution in [0.4, 0.5) is 10.8 Å². The van der Waals surface area contributed by atoms with Crippen molar-refractivity contribution in [3.63, 3.8) is 0 Å². The normalized spacial score (nSPS) is 11.2. The van der Waals surface area contributed by atoms with Gasteiger partial charge in [0.1, 0.15) is 6.61 Å². The molecule has 0 saturated carbocycles. The Morgan fingerprint density at radius 1 is 1.12 bits per heavy atom. The Bertz CT molecular complexity index is 881. The van der Waals surface area contributed by atoms with Crippen LogP contribution in [0, 0.1) is 0 Å². The Morgan fingerprint density at radius 2 is 1.75 bits per heavy atom. The molecule has 2 aromatic heterocycles. The summed E-state index contributed by atoms with van der Waals surface area (Å²) >= 11 is 0.868. The second kappa shape index (κ2) is 6.76. The van der Waals surface area contributed by atoms with Crippen molar-refractivity contribution in [3.05, 3.63) is 26.7 Å². The standard InChI is InChI=1S/C11H16N8O4S/c1-16(2)18-8(21)7(9(22)19(11(18)23)17(3)4)13-14-10-12-6(5-20)15-24-10/h20-21H,5H2,1-4H3. The molecule has 0 aliphatic carbocycles. The van der Waals surface area contributed by atoms with Crippen molar-refractivity contribution in [1.82, 2.24) is 18.7 Å². The summed E-state index contributed by atoms with van der Waals surface area (Å²) in [4.78, 5) is 28.6. The number of hydrogen-bond donors (Lipinski definition) is 2. The average Bonchev–Trinajstić information content (AvgIpc) is 2.94. The monoisotopic (exact) mass is 356 g/mol. The number of rotatable bonds is 5. The van der Waals surface area contributed by atoms with Crippen molar-refractivity contribution >= 4 is 22.4 Å². The van der Waals surface area contributed by atoms with E-state index in [4.69, 9.17) is 5.11 Å². The number of nitrogens with zero attached hydrogens (tertiary/aromatic N) is 8. The smallest absolute Gasteiger partial charge is 0.372 e. The number of aliphatic hydroxyl groups excluding tert-OH is 1. The van der Waals surface area contributed by atoms with E-state index in [1.807, 2.05) is 0 Å². The number of azo groups is 1. The van der Waals surface area contributed by atoms with Gasteiger partial charge in [0.25, 0.3) is 0 Å². The third kappa shape index (κ3) is 3.11. The second-order valence-electron chi connectivity index (χ2n) is 4.93. The molecule has 0 amide bonds. The van der Waals surface area contributed by atoms with E-state index in [0.29, 0.717) is 0 Å². The molecule has 0 radical (unpaired) electrons. The van der Waals surface area contributed by atoms with Crippen LogP contribution in [0.2, 0.25) is 0 Å². The number of hydrogen-bond acceptors (Lipinski definition) is 11. The summed E-state index contributed by atoms with van der Waals surface area (Å²) in [5, 5.41) is 29.2. The van der Waals surface area contributed by atoms with E-state index in [1.165, 1.54) is 38.2 Å². The third-order valence-corrected chi connectivity index (χ3v) is 3.44. The molecule has 0 spiro atoms. The highest BCUT2D eigenvalue weighted by Crippen LogP contribution is 2.23. The maximum atomic E-state index is 12.4. The highest BCUT2D eigenvalue weighted by Gasteiger charge is 2.21. The molecule has 0 atom stereocenters. The van der Waals surface area contributed by atoms with Crippen LogP contribution in [0.15, 0.2) is 19.8 Å². The lowest BCUT2D eigenvalue weighted by atomic mass is 10.5. The fourth-order valence-electron chi connectivity index (χ4n) is 1.81. The van der Waals surface area contributed by atoms with Crippen LogP contribution in [0.3, 0.4) is 0 Å². The molecule has 0 saturated heterocycles. The van der Waals surface area contributed by atoms with Crippen molar-refractivity contribution < 1.29 is 10.2 Å². The lowest BCUT2D eigenvalue weighted by Crippen LogP contribution is -2.52. The van der Waals surface area contributed by atoms with E-state index in [9.17, 15) is 14.7 Å². The van der Waals surface area contributed by atoms with E-state index < -0.39 is 22.8 Å². The maximum Gasteiger partial charge on any atom is 0.372 e. The van der Waals surface area contributed by atoms with Crippen LogP contribution >= 0.6 is 11.5 Å². The fourth-order valence-corrected chi connectivity index (χ4v) is 2.32. The van der Waals surface area contributed by atoms with Gasteiger partial charge in [-0.2, -0.15) is 18.7 Å². The summed E-state index contributed by atoms with van der Waals surface area (Å²) in [7, 11) is 6.04. The van der Waals surface area contributed by atoms with E-state index >= 15 is 0 Å². The molecule has 2 aromatic rings. The average molecular weight is 356 g/mol. The second-order valence-corrected chi connectivity index (χ2v) is 5.66. The quantitative estimate of drug-likeness (QED) is 0.641. The van der Waals surface area contributed by atoms with Gasteiger partial charge in [-0.25, -0.2) is 4.79 Å². The van der Waals surface area contributed by atoms with Gasteiger partial charge < -0.3 is 20.2 Å². The van der Waals surface area contributed by atoms with Gasteiger partial charge in [0, 0.05) is 39.7 Å². The van der Waals surface area contributed by atoms with E-state index in [1.54, 1.807) is 0 Å². The molecule has 0 aliphatic heterocycles. The first-order chi connectivity index (χ1) is 11.3. The summed E-state index contributed by atoms with van der Waals surface area (Å²) < 4.78 is 5.48. The first kappa shape index (κ1) is 17.6. The largest absolute Gasteiger partial charge is 0.491 e. The summed E-state index contributed by atoms with van der Waals surface area (Å²) in [6.45, 7) is -0.351. The van der Waals surface area contributed by atoms with Gasteiger partial charge in [-0.05, 0) is 0 Å². The number of aromatic hydroxyl groups is 1. The summed E-state index contributed by atoms with van der Waals surface area (Å²) in [6, 6.07) is 0. The van der Waals surface area contributed by atoms with Gasteiger partial charge >= 0.3 is 11.2 Å². The van der Waals surface area contributed by atoms with Gasteiger partial charge in [0.2, 0.25) is 16.7 Å². The highest BCUT2D eigenvalue weighted by atomic mass is 32.1. The fraction of sp³-hybridized carbons (Fsp3) is 0.455. The zero-order valence-electron chi connectivity index (χ0n) is 13.4. The minimum Gasteiger partial charge on any atom is -0.491 e. The maximum absolute atomic E-state index is 12.4. The molecule has 0 aromatic carbocycles. The zero-order chi connectivity index (χ0) is 18.0. The molecule has 2 N–H and O–H groups in total. The predicted molar refractivity (Wildman–Crippen MR) is 86.8 cm³/mol. The SMILES string of the molecule is CN(C)n1c(O)c(N=Nc2nc(CO)ns2)c(=O)n(N(C)C)c1=O. The first-order valence-electron chi connectivity index (χ1n) is 6.59. The van der Waals surface area contributed by atoms with E-state index in [0.717, 1.165) is 20.9 Å². The molecule has 0 bridgehead atoms. The lowest BCUT2D eigenvalue weighted by molar-refractivity contribution is 0.273. The van der Waals surface area contributed by atoms with Crippen molar-refractivity contribution in [1.29, 1.82) is 0 Å². The molecule has 2 rings (SSSR count). The van der Waals surface area contributed by atoms with Crippen LogP contribution in [0.1, 0.15) is 5.82 Å². The molecule has 0 unspecified atom stereocenters. The number of aromatic nitrogens is 4. The minimum absolute atomic E-state index is 0.0943. The predicted octanol–water partition coefficient (Wildman–Crippen LogP) is -1.13. The van der Waals surface area contributed by atoms with Crippen molar-refractivity contribution in [2.24, 2.45) is 10.2 Å². The van der Waals surface area contributed by atoms with Crippen molar-refractivity contribution in [2.75, 3.05) is 38.2 Å². The molecule has 13 heteroatoms. The van der Waals surface area contributed by atoms with Crippen LogP contribution in [0.5, 0.6) is 5.88 Å². The molecule has 0 aliphatic rings. The van der Waals surface area contributed by atoms with E-state index in [-0.39, 0.29) is 17.6 Å². The zero-order valence-corrected chi connectivity index (χ0v) is 14.2. The third-order valence-electron chi connectivity index (χ3n) is 2.80. The van der Waals surface area contributed by atoms with Crippen LogP contribution in [-0.2, 0) is 6.61 Å². The first-order valence-corrected chi connectivity index (χ1v) is 7.36. The molecule has 2 heterocycles. The summed E-state index contributed by atoms with van der Waals surface area (Å²) in [6.07, 6.45) is 0. The Morgan fingerprint density at radius 3 is 2.25 bits per heavy atom. The van der Waals surface area contributed by atoms with Crippen molar-refractivity contribution in [3.8, 4) is 5.88 Å². The molecular formula is C11H16N8O4S. The minimum atomic E-state index is -0.837. The number of aliphatic hydroxyl groups is 1. The van der Waals surface area contributed by atoms with Gasteiger partial charge in [0.15, 0.2) is 5.82 Å². The Kier molecular flexibility index (Phi) is 4.94. The van der Waals surface area contributed by atoms with Crippen molar-refractivity contribution in [2.45, 2.75) is 6.61 Å². The molecule has 12 nitrogen and oxygen atoms in total. The molecule has 130 valence electrons. The Balaban J connectivity index is 2.64. The lowest BCUT2D eigenvalue weighted by Gasteiger charge is -2.22. The molecular weight excluding hydrogens is 340 g/mol. The van der Waals surface area contributed by atoms with Gasteiger partial charge in [-0.1, -0.05) is 0 Å². The topological polar surface area (TPSA) is 141 Å². The molecule has 24 heavy (non-hydrogen) atoms. The Labute approximate surface area is 139 Å². The summed E-state index contributed by atoms with van der Waals surface area (Å²) in [5.74, 6) is -0.481. The van der Waals surface area contributed by atoms with Gasteiger partial charge in [0.05, 0.1) is 0 Å². The van der Waals surface area contributed by atoms with Gasteiger partial charge in [-0.15, -0.1) is 10.2 Å². The Hall–Kier alpha value is -2.80. The van der Waals surface area contributed by atoms with E-state index in [2.05, 4.69) is 19.6 Å². The van der Waals surface area contributed by atoms with Crippen LogP contribution in [-0.4, -0.2) is 57.1 Å². The highest BCUT2D eigenvalue weighted by molar-refractivity contribution is 7.09.